The number of aliphatic hydroxyl groups is 4. The second-order valence-electron chi connectivity index (χ2n) is 28.2. The highest BCUT2D eigenvalue weighted by atomic mass is 79.9. The molecule has 0 radical (unpaired) electrons. The largest absolute Gasteiger partial charge is 0.619 e. The number of fused-ring (bicyclic) bond motifs is 5. The van der Waals surface area contributed by atoms with Crippen LogP contribution in [0.3, 0.4) is 0 Å². The molecule has 1 saturated carbocycles. The molecule has 29 nitrogen and oxygen atoms in total. The number of halogens is 4. The highest BCUT2D eigenvalue weighted by Crippen LogP contribution is 2.65. The van der Waals surface area contributed by atoms with Crippen LogP contribution < -0.4 is 46.0 Å². The van der Waals surface area contributed by atoms with Gasteiger partial charge in [-0.1, -0.05) is 32.0 Å². The zero-order valence-electron chi connectivity index (χ0n) is 58.8. The molecule has 3 saturated heterocycles. The Balaban J connectivity index is 0.000000124. The third-order valence-electron chi connectivity index (χ3n) is 19.5. The summed E-state index contributed by atoms with van der Waals surface area (Å²) in [7, 11) is 0. The molecule has 1 aliphatic carbocycles. The molecule has 3 aliphatic heterocycles. The lowest BCUT2D eigenvalue weighted by Gasteiger charge is -2.34. The molecule has 0 amide bonds. The van der Waals surface area contributed by atoms with E-state index >= 15 is 0 Å². The number of piperidine rings is 1. The Morgan fingerprint density at radius 2 is 0.971 bits per heavy atom. The van der Waals surface area contributed by atoms with E-state index in [1.165, 1.54) is 12.4 Å². The molecule has 15 heterocycles. The monoisotopic (exact) mass is 1680 g/mol. The number of aliphatic hydroxyl groups excluding tert-OH is 3. The minimum Gasteiger partial charge on any atom is -0.619 e. The van der Waals surface area contributed by atoms with E-state index in [4.69, 9.17) is 15.0 Å². The topological polar surface area (TPSA) is 337 Å². The lowest BCUT2D eigenvalue weighted by molar-refractivity contribution is -0.605. The van der Waals surface area contributed by atoms with Crippen LogP contribution in [0.4, 0.5) is 46.5 Å². The van der Waals surface area contributed by atoms with Crippen molar-refractivity contribution in [1.29, 1.82) is 0 Å². The van der Waals surface area contributed by atoms with Crippen molar-refractivity contribution in [1.82, 2.24) is 73.3 Å². The molecule has 0 unspecified atom stereocenters. The van der Waals surface area contributed by atoms with Crippen molar-refractivity contribution in [2.75, 3.05) is 80.7 Å². The molecular formula is C72H84Br4N24O5. The minimum atomic E-state index is -0.787. The van der Waals surface area contributed by atoms with Crippen LogP contribution in [0, 0.1) is 22.5 Å². The standard InChI is InChI=1S/C20H23BrN6O.C19H23BrN6O.C17H19BrN6O2.C16H19BrN6O/c1-20(2)13-10-26(15(11-28)18(13)20)17-6-16(23-8-12-4-3-5-22-7-12)27-19(25-17)14(21)9-24-27;1-19(2,27)15-6-4-8-25(15)17-9-16(22-11-13-5-3-7-21-10-13)26-18(24-17)14(20)12-23-26;18-14-9-20-24-15(19-8-12-3-1-5-22(26)10-12)7-16(21-17(14)24)23-6-2-4-13(23)11-25;1-16(2,10-24)22-13-6-14(19-8-11-4-3-5-18-7-11)23-15(21-13)12(17)9-20-23/h3-7,9,13,15,18,23,28H,8,10-11H2,1-2H3;3,5,7,9-10,12,15,22,27H,4,6,8,11H2,1-2H3;1,3,5,7,9-10,13,19,25H,2,4,6,8,11H2;3-7,9,19,24H,8,10H2,1-2H3,(H,21,22)/t13-,15+,18-;15-;13-;/m000./s1. The molecule has 9 N–H and O–H groups in total. The van der Waals surface area contributed by atoms with E-state index in [9.17, 15) is 25.6 Å². The smallest absolute Gasteiger partial charge is 0.185 e. The molecule has 16 rings (SSSR count). The fourth-order valence-corrected chi connectivity index (χ4v) is 15.4. The fourth-order valence-electron chi connectivity index (χ4n) is 14.0. The van der Waals surface area contributed by atoms with Gasteiger partial charge in [-0.25, -0.2) is 19.9 Å². The van der Waals surface area contributed by atoms with Crippen molar-refractivity contribution in [3.05, 3.63) is 193 Å². The number of aromatic nitrogens is 16. The molecule has 0 bridgehead atoms. The molecule has 12 aromatic heterocycles. The van der Waals surface area contributed by atoms with Crippen LogP contribution in [0.5, 0.6) is 0 Å². The van der Waals surface area contributed by atoms with Crippen LogP contribution in [0.25, 0.3) is 22.6 Å². The second kappa shape index (κ2) is 32.0. The average molecular weight is 1690 g/mol. The molecule has 0 aromatic carbocycles. The normalized spacial score (nSPS) is 18.2. The molecule has 12 aromatic rings. The summed E-state index contributed by atoms with van der Waals surface area (Å²) in [6.07, 6.45) is 24.7. The van der Waals surface area contributed by atoms with Gasteiger partial charge in [-0.3, -0.25) is 15.0 Å². The van der Waals surface area contributed by atoms with Gasteiger partial charge in [0.15, 0.2) is 35.0 Å². The second-order valence-corrected chi connectivity index (χ2v) is 31.6. The van der Waals surface area contributed by atoms with E-state index in [0.29, 0.717) is 60.5 Å². The summed E-state index contributed by atoms with van der Waals surface area (Å²) in [5.41, 5.74) is 6.10. The number of hydrogen-bond donors (Lipinski definition) is 9. The molecule has 4 fully saturated rings. The van der Waals surface area contributed by atoms with Crippen molar-refractivity contribution in [2.45, 2.75) is 123 Å². The van der Waals surface area contributed by atoms with Crippen LogP contribution in [-0.2, 0) is 26.2 Å². The minimum absolute atomic E-state index is 0.00125. The van der Waals surface area contributed by atoms with Crippen LogP contribution in [0.2, 0.25) is 0 Å². The summed E-state index contributed by atoms with van der Waals surface area (Å²) in [6, 6.07) is 23.5. The van der Waals surface area contributed by atoms with Gasteiger partial charge in [0, 0.05) is 119 Å². The van der Waals surface area contributed by atoms with E-state index in [-0.39, 0.29) is 37.9 Å². The number of anilines is 8. The van der Waals surface area contributed by atoms with E-state index in [1.54, 1.807) is 67.5 Å². The Bertz CT molecular complexity index is 4950. The molecule has 105 heavy (non-hydrogen) atoms. The third-order valence-corrected chi connectivity index (χ3v) is 21.7. The van der Waals surface area contributed by atoms with Gasteiger partial charge in [0.2, 0.25) is 0 Å². The first-order valence-electron chi connectivity index (χ1n) is 34.7. The molecule has 0 spiro atoms. The molecule has 4 aliphatic rings. The van der Waals surface area contributed by atoms with Gasteiger partial charge in [-0.15, -0.1) is 0 Å². The first kappa shape index (κ1) is 74.3. The fraction of sp³-hybridized carbons (Fsp3) is 0.389. The Labute approximate surface area is 640 Å². The van der Waals surface area contributed by atoms with E-state index in [1.807, 2.05) is 113 Å². The first-order valence-corrected chi connectivity index (χ1v) is 37.8. The van der Waals surface area contributed by atoms with Crippen molar-refractivity contribution >= 4 is 133 Å². The Kier molecular flexibility index (Phi) is 22.7. The van der Waals surface area contributed by atoms with Gasteiger partial charge in [-0.05, 0) is 175 Å². The van der Waals surface area contributed by atoms with Gasteiger partial charge in [0.1, 0.15) is 46.5 Å². The maximum atomic E-state index is 11.4. The predicted molar refractivity (Wildman–Crippen MR) is 418 cm³/mol. The van der Waals surface area contributed by atoms with Gasteiger partial charge < -0.3 is 66.9 Å². The highest BCUT2D eigenvalue weighted by Gasteiger charge is 2.66. The number of rotatable bonds is 21. The zero-order valence-corrected chi connectivity index (χ0v) is 65.2. The average Bonchev–Trinajstić information content (AvgIpc) is 1.53. The lowest BCUT2D eigenvalue weighted by Crippen LogP contribution is -2.46. The maximum Gasteiger partial charge on any atom is 0.185 e. The quantitative estimate of drug-likeness (QED) is 0.0238. The number of nitrogens with zero attached hydrogens (tertiary/aromatic N) is 19. The van der Waals surface area contributed by atoms with Crippen molar-refractivity contribution in [3.63, 3.8) is 0 Å². The number of hydrogen-bond acceptors (Lipinski definition) is 24. The SMILES string of the molecule is CC(C)(CO)Nc1cc(NCc2cccnc2)n2ncc(Br)c2n1.CC(C)(O)[C@@H]1CCCN1c1cc(NCc2cccnc2)n2ncc(Br)c2n1.CC1(C)[C@@H]2[C@@H](CO)N(c3cc(NCc4cccnc4)n4ncc(Br)c4n3)C[C@@H]21.[O-][n+]1cccc(CNc2cc(N3CCC[C@H]3CO)nc3c(Br)cnn23)c1. The van der Waals surface area contributed by atoms with Gasteiger partial charge in [0.05, 0.1) is 91.8 Å². The Morgan fingerprint density at radius 1 is 0.543 bits per heavy atom. The maximum absolute atomic E-state index is 11.4. The summed E-state index contributed by atoms with van der Waals surface area (Å²) in [4.78, 5) is 38.0. The van der Waals surface area contributed by atoms with Crippen molar-refractivity contribution in [3.8, 4) is 0 Å². The van der Waals surface area contributed by atoms with Gasteiger partial charge in [0.25, 0.3) is 0 Å². The molecule has 550 valence electrons. The van der Waals surface area contributed by atoms with Crippen LogP contribution >= 0.6 is 63.7 Å². The molecule has 33 heteroatoms. The summed E-state index contributed by atoms with van der Waals surface area (Å²) < 4.78 is 11.1. The van der Waals surface area contributed by atoms with Crippen molar-refractivity contribution in [2.24, 2.45) is 17.3 Å². The third kappa shape index (κ3) is 16.8. The van der Waals surface area contributed by atoms with Crippen LogP contribution in [0.1, 0.15) is 89.5 Å². The Hall–Kier alpha value is -8.96. The number of nitrogens with one attached hydrogen (secondary N) is 5. The molecule has 5 atom stereocenters. The van der Waals surface area contributed by atoms with E-state index < -0.39 is 11.1 Å². The summed E-state index contributed by atoms with van der Waals surface area (Å²) >= 11 is 14.1. The van der Waals surface area contributed by atoms with E-state index in [2.05, 4.69) is 159 Å². The van der Waals surface area contributed by atoms with E-state index in [0.717, 1.165) is 142 Å². The predicted octanol–water partition coefficient (Wildman–Crippen LogP) is 10.6. The number of pyridine rings is 4. The van der Waals surface area contributed by atoms with Crippen LogP contribution in [0.15, 0.2) is 165 Å². The summed E-state index contributed by atoms with van der Waals surface area (Å²) in [5.74, 6) is 7.63. The van der Waals surface area contributed by atoms with Crippen molar-refractivity contribution < 1.29 is 25.2 Å². The van der Waals surface area contributed by atoms with Gasteiger partial charge in [-0.2, -0.15) is 43.2 Å². The molecular weight excluding hydrogens is 1600 g/mol. The van der Waals surface area contributed by atoms with Gasteiger partial charge >= 0.3 is 0 Å². The highest BCUT2D eigenvalue weighted by molar-refractivity contribution is 9.11. The first-order chi connectivity index (χ1) is 50.6. The zero-order chi connectivity index (χ0) is 73.7. The Morgan fingerprint density at radius 3 is 1.41 bits per heavy atom. The lowest BCUT2D eigenvalue weighted by atomic mass is 9.97. The van der Waals surface area contributed by atoms with Crippen LogP contribution in [-0.4, -0.2) is 162 Å². The summed E-state index contributed by atoms with van der Waals surface area (Å²) in [5, 5.41) is 85.6. The summed E-state index contributed by atoms with van der Waals surface area (Å²) in [6.45, 7) is 17.5.